The molecule has 1 aromatic heterocycles. The molecule has 3 N–H and O–H groups in total. The number of hydrogen-bond acceptors (Lipinski definition) is 2. The molecule has 0 saturated carbocycles. The number of H-pyrrole nitrogens is 1. The highest BCUT2D eigenvalue weighted by Crippen LogP contribution is 2.24. The van der Waals surface area contributed by atoms with Crippen LogP contribution in [0.4, 0.5) is 0 Å². The summed E-state index contributed by atoms with van der Waals surface area (Å²) in [6.07, 6.45) is 1.40. The van der Waals surface area contributed by atoms with Gasteiger partial charge in [-0.05, 0) is 18.2 Å². The van der Waals surface area contributed by atoms with Gasteiger partial charge in [-0.15, -0.1) is 0 Å². The Hall–Kier alpha value is -0.850. The third-order valence-corrected chi connectivity index (χ3v) is 3.36. The van der Waals surface area contributed by atoms with Crippen LogP contribution in [0.1, 0.15) is 0 Å². The van der Waals surface area contributed by atoms with E-state index in [0.717, 1.165) is 9.99 Å². The van der Waals surface area contributed by atoms with Gasteiger partial charge in [0.2, 0.25) is 10.0 Å². The molecule has 0 spiro atoms. The summed E-state index contributed by atoms with van der Waals surface area (Å²) in [7, 11) is -3.65. The van der Waals surface area contributed by atoms with Crippen LogP contribution in [-0.4, -0.2) is 13.4 Å². The molecule has 0 aliphatic carbocycles. The maximum absolute atomic E-state index is 11.2. The molecule has 6 heteroatoms. The maximum Gasteiger partial charge on any atom is 0.240 e. The fourth-order valence-corrected chi connectivity index (χ4v) is 2.36. The van der Waals surface area contributed by atoms with Crippen LogP contribution in [0, 0.1) is 0 Å². The first-order chi connectivity index (χ1) is 6.48. The smallest absolute Gasteiger partial charge is 0.240 e. The van der Waals surface area contributed by atoms with E-state index in [1.807, 2.05) is 6.07 Å². The Balaban J connectivity index is 2.87. The first kappa shape index (κ1) is 9.70. The van der Waals surface area contributed by atoms with Gasteiger partial charge in [-0.25, -0.2) is 13.6 Å². The molecule has 74 valence electrons. The number of fused-ring (bicyclic) bond motifs is 1. The minimum absolute atomic E-state index is 0.119. The molecule has 14 heavy (non-hydrogen) atoms. The van der Waals surface area contributed by atoms with Gasteiger partial charge in [0.15, 0.2) is 0 Å². The topological polar surface area (TPSA) is 76.0 Å². The lowest BCUT2D eigenvalue weighted by atomic mass is 10.2. The van der Waals surface area contributed by atoms with Crippen molar-refractivity contribution in [3.05, 3.63) is 28.9 Å². The molecule has 0 bridgehead atoms. The maximum atomic E-state index is 11.2. The number of halogens is 1. The van der Waals surface area contributed by atoms with E-state index in [1.54, 1.807) is 12.1 Å². The van der Waals surface area contributed by atoms with Gasteiger partial charge in [0, 0.05) is 21.6 Å². The number of sulfonamides is 1. The average molecular weight is 275 g/mol. The van der Waals surface area contributed by atoms with Gasteiger partial charge in [0.05, 0.1) is 0 Å². The first-order valence-electron chi connectivity index (χ1n) is 3.78. The number of aromatic amines is 1. The van der Waals surface area contributed by atoms with Crippen molar-refractivity contribution in [2.75, 3.05) is 0 Å². The number of nitrogens with one attached hydrogen (secondary N) is 1. The zero-order valence-electron chi connectivity index (χ0n) is 6.99. The lowest BCUT2D eigenvalue weighted by Gasteiger charge is -1.95. The summed E-state index contributed by atoms with van der Waals surface area (Å²) in [5.41, 5.74) is 0.747. The van der Waals surface area contributed by atoms with Gasteiger partial charge >= 0.3 is 0 Å². The lowest BCUT2D eigenvalue weighted by molar-refractivity contribution is 0.598. The third kappa shape index (κ3) is 1.56. The molecule has 4 nitrogen and oxygen atoms in total. The normalized spacial score (nSPS) is 12.1. The van der Waals surface area contributed by atoms with Gasteiger partial charge in [-0.2, -0.15) is 0 Å². The molecule has 0 unspecified atom stereocenters. The number of primary sulfonamides is 1. The molecule has 0 aliphatic heterocycles. The second-order valence-electron chi connectivity index (χ2n) is 2.89. The summed E-state index contributed by atoms with van der Waals surface area (Å²) >= 11 is 3.27. The van der Waals surface area contributed by atoms with Crippen LogP contribution in [0.5, 0.6) is 0 Å². The summed E-state index contributed by atoms with van der Waals surface area (Å²) in [5.74, 6) is 0. The van der Waals surface area contributed by atoms with Gasteiger partial charge in [0.1, 0.15) is 4.90 Å². The third-order valence-electron chi connectivity index (χ3n) is 1.91. The van der Waals surface area contributed by atoms with E-state index in [-0.39, 0.29) is 4.90 Å². The quantitative estimate of drug-likeness (QED) is 0.829. The van der Waals surface area contributed by atoms with Crippen LogP contribution in [0.3, 0.4) is 0 Å². The van der Waals surface area contributed by atoms with Crippen molar-refractivity contribution in [1.82, 2.24) is 4.98 Å². The average Bonchev–Trinajstić information content (AvgIpc) is 2.45. The van der Waals surface area contributed by atoms with E-state index in [9.17, 15) is 8.42 Å². The molecule has 0 amide bonds. The number of rotatable bonds is 1. The van der Waals surface area contributed by atoms with Crippen LogP contribution in [0.25, 0.3) is 10.9 Å². The van der Waals surface area contributed by atoms with Crippen LogP contribution >= 0.6 is 15.9 Å². The van der Waals surface area contributed by atoms with Crippen molar-refractivity contribution >= 4 is 36.9 Å². The molecular formula is C8H7BrN2O2S. The Morgan fingerprint density at radius 1 is 1.36 bits per heavy atom. The minimum Gasteiger partial charge on any atom is -0.360 e. The largest absolute Gasteiger partial charge is 0.360 e. The second kappa shape index (κ2) is 3.08. The standard InChI is InChI=1S/C8H7BrN2O2S/c9-5-1-2-7-6(3-5)8(4-11-7)14(10,12)13/h1-4,11H,(H2,10,12,13). The highest BCUT2D eigenvalue weighted by Gasteiger charge is 2.13. The first-order valence-corrected chi connectivity index (χ1v) is 6.12. The molecular weight excluding hydrogens is 268 g/mol. The Bertz CT molecular complexity index is 588. The SMILES string of the molecule is NS(=O)(=O)c1c[nH]c2ccc(Br)cc12. The molecule has 1 aromatic carbocycles. The van der Waals surface area contributed by atoms with Gasteiger partial charge in [-0.1, -0.05) is 15.9 Å². The summed E-state index contributed by atoms with van der Waals surface area (Å²) in [5, 5.41) is 5.65. The summed E-state index contributed by atoms with van der Waals surface area (Å²) in [6, 6.07) is 5.32. The van der Waals surface area contributed by atoms with Crippen molar-refractivity contribution in [2.45, 2.75) is 4.90 Å². The van der Waals surface area contributed by atoms with Crippen molar-refractivity contribution in [1.29, 1.82) is 0 Å². The summed E-state index contributed by atoms with van der Waals surface area (Å²) < 4.78 is 23.1. The van der Waals surface area contributed by atoms with Gasteiger partial charge < -0.3 is 4.98 Å². The predicted octanol–water partition coefficient (Wildman–Crippen LogP) is 1.58. The fraction of sp³-hybridized carbons (Fsp3) is 0. The lowest BCUT2D eigenvalue weighted by Crippen LogP contribution is -2.11. The molecule has 0 atom stereocenters. The van der Waals surface area contributed by atoms with Gasteiger partial charge in [-0.3, -0.25) is 0 Å². The van der Waals surface area contributed by atoms with E-state index in [4.69, 9.17) is 5.14 Å². The molecule has 0 fully saturated rings. The van der Waals surface area contributed by atoms with Crippen LogP contribution in [0.2, 0.25) is 0 Å². The highest BCUT2D eigenvalue weighted by atomic mass is 79.9. The Kier molecular flexibility index (Phi) is 2.13. The van der Waals surface area contributed by atoms with E-state index in [0.29, 0.717) is 5.39 Å². The van der Waals surface area contributed by atoms with Crippen LogP contribution in [0.15, 0.2) is 33.8 Å². The van der Waals surface area contributed by atoms with Crippen LogP contribution < -0.4 is 5.14 Å². The van der Waals surface area contributed by atoms with E-state index in [1.165, 1.54) is 6.20 Å². The highest BCUT2D eigenvalue weighted by molar-refractivity contribution is 9.10. The van der Waals surface area contributed by atoms with Crippen molar-refractivity contribution in [2.24, 2.45) is 5.14 Å². The number of hydrogen-bond donors (Lipinski definition) is 2. The van der Waals surface area contributed by atoms with E-state index >= 15 is 0 Å². The van der Waals surface area contributed by atoms with E-state index < -0.39 is 10.0 Å². The molecule has 1 heterocycles. The monoisotopic (exact) mass is 274 g/mol. The summed E-state index contributed by atoms with van der Waals surface area (Å²) in [6.45, 7) is 0. The van der Waals surface area contributed by atoms with Gasteiger partial charge in [0.25, 0.3) is 0 Å². The molecule has 2 aromatic rings. The Labute approximate surface area is 89.3 Å². The Morgan fingerprint density at radius 3 is 2.71 bits per heavy atom. The number of nitrogens with two attached hydrogens (primary N) is 1. The predicted molar refractivity (Wildman–Crippen MR) is 57.4 cm³/mol. The van der Waals surface area contributed by atoms with Crippen LogP contribution in [-0.2, 0) is 10.0 Å². The number of benzene rings is 1. The second-order valence-corrected chi connectivity index (χ2v) is 5.33. The molecule has 2 rings (SSSR count). The molecule has 0 aliphatic rings. The fourth-order valence-electron chi connectivity index (χ4n) is 1.30. The van der Waals surface area contributed by atoms with Crippen molar-refractivity contribution < 1.29 is 8.42 Å². The Morgan fingerprint density at radius 2 is 2.07 bits per heavy atom. The minimum atomic E-state index is -3.65. The molecule has 0 saturated heterocycles. The van der Waals surface area contributed by atoms with Crippen molar-refractivity contribution in [3.63, 3.8) is 0 Å². The zero-order chi connectivity index (χ0) is 10.3. The van der Waals surface area contributed by atoms with Crippen molar-refractivity contribution in [3.8, 4) is 0 Å². The zero-order valence-corrected chi connectivity index (χ0v) is 9.39. The molecule has 0 radical (unpaired) electrons. The van der Waals surface area contributed by atoms with E-state index in [2.05, 4.69) is 20.9 Å². The number of aromatic nitrogens is 1. The summed E-state index contributed by atoms with van der Waals surface area (Å²) in [4.78, 5) is 2.96.